The zero-order valence-corrected chi connectivity index (χ0v) is 12.3. The molecule has 0 aromatic heterocycles. The van der Waals surface area contributed by atoms with Crippen LogP contribution < -0.4 is 5.32 Å². The van der Waals surface area contributed by atoms with Crippen LogP contribution >= 0.6 is 0 Å². The summed E-state index contributed by atoms with van der Waals surface area (Å²) in [4.78, 5) is 2.15. The van der Waals surface area contributed by atoms with Crippen molar-refractivity contribution in [2.45, 2.75) is 49.9 Å². The Balaban J connectivity index is 2.45. The van der Waals surface area contributed by atoms with Gasteiger partial charge in [0, 0.05) is 24.9 Å². The number of nitrogens with zero attached hydrogens (tertiary/aromatic N) is 1. The van der Waals surface area contributed by atoms with Gasteiger partial charge in [-0.3, -0.25) is 0 Å². The first kappa shape index (κ1) is 14.9. The molecular weight excluding hydrogens is 236 g/mol. The molecule has 1 fully saturated rings. The van der Waals surface area contributed by atoms with Crippen molar-refractivity contribution in [3.8, 4) is 0 Å². The zero-order chi connectivity index (χ0) is 13.1. The van der Waals surface area contributed by atoms with Gasteiger partial charge < -0.3 is 10.2 Å². The Bertz CT molecular complexity index is 327. The van der Waals surface area contributed by atoms with Crippen LogP contribution in [-0.4, -0.2) is 57.5 Å². The van der Waals surface area contributed by atoms with E-state index in [4.69, 9.17) is 0 Å². The van der Waals surface area contributed by atoms with Gasteiger partial charge in [-0.05, 0) is 40.3 Å². The molecule has 0 heterocycles. The standard InChI is InChI=1S/C12H26N2O2S/c1-10(9-14(2)3)13-11-6-5-7-12(8-11)17(4,15)16/h10-13H,5-9H2,1-4H3. The summed E-state index contributed by atoms with van der Waals surface area (Å²) >= 11 is 0. The van der Waals surface area contributed by atoms with E-state index in [1.807, 2.05) is 0 Å². The van der Waals surface area contributed by atoms with Gasteiger partial charge in [0.1, 0.15) is 9.84 Å². The maximum Gasteiger partial charge on any atom is 0.150 e. The molecule has 0 spiro atoms. The normalized spacial score (nSPS) is 28.3. The van der Waals surface area contributed by atoms with Crippen LogP contribution in [0, 0.1) is 0 Å². The topological polar surface area (TPSA) is 49.4 Å². The van der Waals surface area contributed by atoms with E-state index in [-0.39, 0.29) is 5.25 Å². The van der Waals surface area contributed by atoms with Crippen molar-refractivity contribution in [3.05, 3.63) is 0 Å². The second-order valence-corrected chi connectivity index (χ2v) is 7.97. The van der Waals surface area contributed by atoms with Crippen LogP contribution in [0.3, 0.4) is 0 Å². The van der Waals surface area contributed by atoms with Gasteiger partial charge >= 0.3 is 0 Å². The molecule has 5 heteroatoms. The molecule has 0 aromatic carbocycles. The number of hydrogen-bond donors (Lipinski definition) is 1. The van der Waals surface area contributed by atoms with E-state index in [1.165, 1.54) is 6.26 Å². The minimum absolute atomic E-state index is 0.139. The third kappa shape index (κ3) is 5.36. The lowest BCUT2D eigenvalue weighted by Crippen LogP contribution is -2.46. The molecule has 1 saturated carbocycles. The molecule has 102 valence electrons. The molecule has 1 aliphatic carbocycles. The van der Waals surface area contributed by atoms with Crippen molar-refractivity contribution in [1.29, 1.82) is 0 Å². The maximum absolute atomic E-state index is 11.6. The van der Waals surface area contributed by atoms with Crippen LogP contribution in [0.25, 0.3) is 0 Å². The monoisotopic (exact) mass is 262 g/mol. The van der Waals surface area contributed by atoms with Crippen molar-refractivity contribution in [2.75, 3.05) is 26.9 Å². The summed E-state index contributed by atoms with van der Waals surface area (Å²) in [5, 5.41) is 3.41. The molecular formula is C12H26N2O2S. The number of hydrogen-bond acceptors (Lipinski definition) is 4. The van der Waals surface area contributed by atoms with E-state index in [0.29, 0.717) is 12.1 Å². The van der Waals surface area contributed by atoms with E-state index in [0.717, 1.165) is 32.2 Å². The molecule has 0 radical (unpaired) electrons. The van der Waals surface area contributed by atoms with Gasteiger partial charge in [0.25, 0.3) is 0 Å². The minimum atomic E-state index is -2.87. The Morgan fingerprint density at radius 3 is 2.53 bits per heavy atom. The fourth-order valence-electron chi connectivity index (χ4n) is 2.69. The molecule has 0 aliphatic heterocycles. The van der Waals surface area contributed by atoms with Gasteiger partial charge in [0.05, 0.1) is 5.25 Å². The summed E-state index contributed by atoms with van der Waals surface area (Å²) in [6.45, 7) is 3.14. The van der Waals surface area contributed by atoms with Gasteiger partial charge in [-0.15, -0.1) is 0 Å². The summed E-state index contributed by atoms with van der Waals surface area (Å²) < 4.78 is 23.1. The van der Waals surface area contributed by atoms with Crippen LogP contribution in [0.4, 0.5) is 0 Å². The van der Waals surface area contributed by atoms with E-state index in [9.17, 15) is 8.42 Å². The molecule has 0 aromatic rings. The Morgan fingerprint density at radius 1 is 1.35 bits per heavy atom. The summed E-state index contributed by atoms with van der Waals surface area (Å²) in [5.74, 6) is 0. The van der Waals surface area contributed by atoms with Crippen LogP contribution in [0.1, 0.15) is 32.6 Å². The van der Waals surface area contributed by atoms with Crippen LogP contribution in [-0.2, 0) is 9.84 Å². The van der Waals surface area contributed by atoms with E-state index in [2.05, 4.69) is 31.2 Å². The van der Waals surface area contributed by atoms with Crippen molar-refractivity contribution >= 4 is 9.84 Å². The van der Waals surface area contributed by atoms with Gasteiger partial charge in [-0.25, -0.2) is 8.42 Å². The molecule has 1 rings (SSSR count). The minimum Gasteiger partial charge on any atom is -0.310 e. The molecule has 3 unspecified atom stereocenters. The SMILES string of the molecule is CC(CN(C)C)NC1CCCC(S(C)(=O)=O)C1. The summed E-state index contributed by atoms with van der Waals surface area (Å²) in [6.07, 6.45) is 5.09. The van der Waals surface area contributed by atoms with Crippen LogP contribution in [0.5, 0.6) is 0 Å². The van der Waals surface area contributed by atoms with Crippen molar-refractivity contribution < 1.29 is 8.42 Å². The smallest absolute Gasteiger partial charge is 0.150 e. The average molecular weight is 262 g/mol. The second-order valence-electron chi connectivity index (χ2n) is 5.65. The zero-order valence-electron chi connectivity index (χ0n) is 11.4. The first-order valence-electron chi connectivity index (χ1n) is 6.38. The van der Waals surface area contributed by atoms with Gasteiger partial charge in [0.2, 0.25) is 0 Å². The highest BCUT2D eigenvalue weighted by Gasteiger charge is 2.29. The highest BCUT2D eigenvalue weighted by Crippen LogP contribution is 2.24. The quantitative estimate of drug-likeness (QED) is 0.799. The van der Waals surface area contributed by atoms with E-state index < -0.39 is 9.84 Å². The molecule has 4 nitrogen and oxygen atoms in total. The maximum atomic E-state index is 11.6. The molecule has 17 heavy (non-hydrogen) atoms. The molecule has 1 N–H and O–H groups in total. The van der Waals surface area contributed by atoms with Gasteiger partial charge in [-0.2, -0.15) is 0 Å². The number of likely N-dealkylation sites (N-methyl/N-ethyl adjacent to an activating group) is 1. The van der Waals surface area contributed by atoms with Crippen LogP contribution in [0.15, 0.2) is 0 Å². The molecule has 3 atom stereocenters. The third-order valence-electron chi connectivity index (χ3n) is 3.39. The highest BCUT2D eigenvalue weighted by molar-refractivity contribution is 7.91. The number of nitrogens with one attached hydrogen (secondary N) is 1. The average Bonchev–Trinajstić information content (AvgIpc) is 2.15. The molecule has 0 amide bonds. The predicted octanol–water partition coefficient (Wildman–Crippen LogP) is 0.882. The lowest BCUT2D eigenvalue weighted by atomic mass is 9.94. The van der Waals surface area contributed by atoms with Crippen molar-refractivity contribution in [2.24, 2.45) is 0 Å². The Hall–Kier alpha value is -0.130. The Labute approximate surface area is 106 Å². The summed E-state index contributed by atoms with van der Waals surface area (Å²) in [6, 6.07) is 0.770. The lowest BCUT2D eigenvalue weighted by molar-refractivity contribution is 0.294. The van der Waals surface area contributed by atoms with E-state index >= 15 is 0 Å². The molecule has 0 saturated heterocycles. The van der Waals surface area contributed by atoms with Gasteiger partial charge in [0.15, 0.2) is 0 Å². The predicted molar refractivity (Wildman–Crippen MR) is 72.0 cm³/mol. The van der Waals surface area contributed by atoms with Crippen molar-refractivity contribution in [1.82, 2.24) is 10.2 Å². The van der Waals surface area contributed by atoms with E-state index in [1.54, 1.807) is 0 Å². The molecule has 0 bridgehead atoms. The lowest BCUT2D eigenvalue weighted by Gasteiger charge is -2.31. The number of sulfone groups is 1. The molecule has 1 aliphatic rings. The number of rotatable bonds is 5. The first-order valence-corrected chi connectivity index (χ1v) is 8.34. The Kier molecular flexibility index (Phi) is 5.41. The second kappa shape index (κ2) is 6.16. The highest BCUT2D eigenvalue weighted by atomic mass is 32.2. The summed E-state index contributed by atoms with van der Waals surface area (Å²) in [5.41, 5.74) is 0. The first-order chi connectivity index (χ1) is 7.79. The Morgan fingerprint density at radius 2 is 2.00 bits per heavy atom. The van der Waals surface area contributed by atoms with Crippen LogP contribution in [0.2, 0.25) is 0 Å². The van der Waals surface area contributed by atoms with Gasteiger partial charge in [-0.1, -0.05) is 6.42 Å². The third-order valence-corrected chi connectivity index (χ3v) is 5.03. The fourth-order valence-corrected chi connectivity index (χ4v) is 3.86. The summed E-state index contributed by atoms with van der Waals surface area (Å²) in [7, 11) is 1.24. The largest absolute Gasteiger partial charge is 0.310 e. The van der Waals surface area contributed by atoms with Crippen molar-refractivity contribution in [3.63, 3.8) is 0 Å². The fraction of sp³-hybridized carbons (Fsp3) is 1.00.